The molecule has 0 aliphatic carbocycles. The van der Waals surface area contributed by atoms with Crippen molar-refractivity contribution in [2.75, 3.05) is 24.7 Å². The number of ether oxygens (including phenoxy) is 1. The molecule has 18 heavy (non-hydrogen) atoms. The van der Waals surface area contributed by atoms with Crippen molar-refractivity contribution in [3.05, 3.63) is 29.3 Å². The quantitative estimate of drug-likeness (QED) is 0.888. The third-order valence-corrected chi connectivity index (χ3v) is 3.88. The van der Waals surface area contributed by atoms with Gasteiger partial charge in [0.2, 0.25) is 0 Å². The molecule has 5 heteroatoms. The van der Waals surface area contributed by atoms with Gasteiger partial charge in [0.05, 0.1) is 19.2 Å². The van der Waals surface area contributed by atoms with Crippen LogP contribution in [-0.4, -0.2) is 31.8 Å². The van der Waals surface area contributed by atoms with Crippen molar-refractivity contribution in [3.63, 3.8) is 0 Å². The summed E-state index contributed by atoms with van der Waals surface area (Å²) in [5.41, 5.74) is 7.06. The number of nitrogens with zero attached hydrogens (tertiary/aromatic N) is 2. The first-order chi connectivity index (χ1) is 8.75. The fourth-order valence-corrected chi connectivity index (χ4v) is 2.78. The second-order valence-corrected chi connectivity index (χ2v) is 5.17. The Kier molecular flexibility index (Phi) is 3.14. The lowest BCUT2D eigenvalue weighted by molar-refractivity contribution is 0.182. The van der Waals surface area contributed by atoms with E-state index in [1.165, 1.54) is 0 Å². The maximum Gasteiger partial charge on any atom is 0.196 e. The van der Waals surface area contributed by atoms with Crippen molar-refractivity contribution in [3.8, 4) is 0 Å². The molecule has 0 radical (unpaired) electrons. The van der Waals surface area contributed by atoms with Crippen LogP contribution in [0, 0.1) is 5.92 Å². The first kappa shape index (κ1) is 11.8. The van der Waals surface area contributed by atoms with E-state index in [-0.39, 0.29) is 0 Å². The molecule has 0 saturated carbocycles. The van der Waals surface area contributed by atoms with Gasteiger partial charge in [-0.05, 0) is 30.7 Å². The number of hydrogen-bond donors (Lipinski definition) is 1. The normalized spacial score (nSPS) is 27.6. The predicted octanol–water partition coefficient (Wildman–Crippen LogP) is 1.88. The lowest BCUT2D eigenvalue weighted by Crippen LogP contribution is -2.45. The molecule has 1 saturated heterocycles. The minimum Gasteiger partial charge on any atom is -0.381 e. The van der Waals surface area contributed by atoms with Crippen LogP contribution in [0.5, 0.6) is 0 Å². The third kappa shape index (κ3) is 2.06. The molecule has 0 bridgehead atoms. The van der Waals surface area contributed by atoms with Gasteiger partial charge in [0, 0.05) is 23.2 Å². The molecule has 2 unspecified atom stereocenters. The van der Waals surface area contributed by atoms with E-state index in [4.69, 9.17) is 22.1 Å². The van der Waals surface area contributed by atoms with Gasteiger partial charge in [-0.1, -0.05) is 11.6 Å². The molecule has 2 aliphatic heterocycles. The standard InChI is InChI=1S/C13H16ClN3O/c14-10-1-3-11(4-2-10)17-12(7-16-13(17)15)9-5-6-18-8-9/h1-4,9,12H,5-8H2,(H2,15,16). The van der Waals surface area contributed by atoms with E-state index in [1.807, 2.05) is 24.3 Å². The molecule has 2 N–H and O–H groups in total. The molecule has 4 nitrogen and oxygen atoms in total. The van der Waals surface area contributed by atoms with Crippen LogP contribution >= 0.6 is 11.6 Å². The van der Waals surface area contributed by atoms with Crippen molar-refractivity contribution in [2.24, 2.45) is 16.6 Å². The summed E-state index contributed by atoms with van der Waals surface area (Å²) in [6.45, 7) is 2.40. The van der Waals surface area contributed by atoms with Crippen LogP contribution in [0.15, 0.2) is 29.3 Å². The molecule has 2 atom stereocenters. The van der Waals surface area contributed by atoms with Crippen LogP contribution in [0.3, 0.4) is 0 Å². The highest BCUT2D eigenvalue weighted by atomic mass is 35.5. The number of rotatable bonds is 2. The van der Waals surface area contributed by atoms with Gasteiger partial charge in [-0.25, -0.2) is 0 Å². The van der Waals surface area contributed by atoms with Gasteiger partial charge in [-0.3, -0.25) is 4.99 Å². The lowest BCUT2D eigenvalue weighted by Gasteiger charge is -2.29. The Hall–Kier alpha value is -1.26. The van der Waals surface area contributed by atoms with Gasteiger partial charge in [-0.15, -0.1) is 0 Å². The average Bonchev–Trinajstić information content (AvgIpc) is 2.99. The summed E-state index contributed by atoms with van der Waals surface area (Å²) in [6, 6.07) is 8.04. The largest absolute Gasteiger partial charge is 0.381 e. The van der Waals surface area contributed by atoms with Crippen LogP contribution in [-0.2, 0) is 4.74 Å². The minimum absolute atomic E-state index is 0.314. The van der Waals surface area contributed by atoms with Gasteiger partial charge in [-0.2, -0.15) is 0 Å². The molecule has 1 aromatic carbocycles. The Bertz CT molecular complexity index is 454. The Labute approximate surface area is 111 Å². The van der Waals surface area contributed by atoms with E-state index < -0.39 is 0 Å². The summed E-state index contributed by atoms with van der Waals surface area (Å²) < 4.78 is 5.47. The zero-order chi connectivity index (χ0) is 12.5. The molecular formula is C13H16ClN3O. The minimum atomic E-state index is 0.314. The highest BCUT2D eigenvalue weighted by Crippen LogP contribution is 2.29. The summed E-state index contributed by atoms with van der Waals surface area (Å²) in [5, 5.41) is 0.731. The molecule has 0 spiro atoms. The first-order valence-electron chi connectivity index (χ1n) is 6.18. The topological polar surface area (TPSA) is 50.9 Å². The zero-order valence-corrected chi connectivity index (χ0v) is 10.8. The van der Waals surface area contributed by atoms with Crippen LogP contribution in [0.1, 0.15) is 6.42 Å². The average molecular weight is 266 g/mol. The van der Waals surface area contributed by atoms with Gasteiger partial charge in [0.25, 0.3) is 0 Å². The second kappa shape index (κ2) is 4.78. The van der Waals surface area contributed by atoms with Crippen molar-refractivity contribution in [2.45, 2.75) is 12.5 Å². The maximum absolute atomic E-state index is 6.01. The third-order valence-electron chi connectivity index (χ3n) is 3.63. The maximum atomic E-state index is 6.01. The van der Waals surface area contributed by atoms with Crippen molar-refractivity contribution < 1.29 is 4.74 Å². The van der Waals surface area contributed by atoms with E-state index in [0.29, 0.717) is 17.9 Å². The Balaban J connectivity index is 1.86. The molecule has 1 fully saturated rings. The van der Waals surface area contributed by atoms with Crippen molar-refractivity contribution in [1.82, 2.24) is 0 Å². The highest BCUT2D eigenvalue weighted by Gasteiger charge is 2.35. The van der Waals surface area contributed by atoms with E-state index >= 15 is 0 Å². The Morgan fingerprint density at radius 1 is 1.33 bits per heavy atom. The highest BCUT2D eigenvalue weighted by molar-refractivity contribution is 6.30. The zero-order valence-electron chi connectivity index (χ0n) is 10.1. The van der Waals surface area contributed by atoms with Crippen LogP contribution < -0.4 is 10.6 Å². The van der Waals surface area contributed by atoms with Crippen molar-refractivity contribution in [1.29, 1.82) is 0 Å². The molecule has 96 valence electrons. The molecule has 2 heterocycles. The first-order valence-corrected chi connectivity index (χ1v) is 6.56. The number of halogens is 1. The van der Waals surface area contributed by atoms with Crippen LogP contribution in [0.4, 0.5) is 5.69 Å². The summed E-state index contributed by atoms with van der Waals surface area (Å²) in [5.74, 6) is 1.10. The summed E-state index contributed by atoms with van der Waals surface area (Å²) in [7, 11) is 0. The van der Waals surface area contributed by atoms with E-state index in [0.717, 1.165) is 36.9 Å². The van der Waals surface area contributed by atoms with E-state index in [9.17, 15) is 0 Å². The molecule has 0 amide bonds. The van der Waals surface area contributed by atoms with Gasteiger partial charge >= 0.3 is 0 Å². The van der Waals surface area contributed by atoms with E-state index in [1.54, 1.807) is 0 Å². The fraction of sp³-hybridized carbons (Fsp3) is 0.462. The molecule has 3 rings (SSSR count). The smallest absolute Gasteiger partial charge is 0.196 e. The van der Waals surface area contributed by atoms with Crippen molar-refractivity contribution >= 4 is 23.2 Å². The number of guanidine groups is 1. The number of hydrogen-bond acceptors (Lipinski definition) is 4. The molecule has 1 aromatic rings. The number of anilines is 1. The lowest BCUT2D eigenvalue weighted by atomic mass is 9.98. The SMILES string of the molecule is NC1=NCC(C2CCOC2)N1c1ccc(Cl)cc1. The van der Waals surface area contributed by atoms with Gasteiger partial charge in [0.15, 0.2) is 5.96 Å². The monoisotopic (exact) mass is 265 g/mol. The Morgan fingerprint density at radius 3 is 2.78 bits per heavy atom. The summed E-state index contributed by atoms with van der Waals surface area (Å²) in [4.78, 5) is 6.48. The predicted molar refractivity (Wildman–Crippen MR) is 73.1 cm³/mol. The molecule has 2 aliphatic rings. The summed E-state index contributed by atoms with van der Waals surface area (Å²) >= 11 is 5.92. The van der Waals surface area contributed by atoms with Gasteiger partial charge < -0.3 is 15.4 Å². The number of benzene rings is 1. The van der Waals surface area contributed by atoms with Crippen LogP contribution in [0.25, 0.3) is 0 Å². The number of aliphatic imine (C=N–C) groups is 1. The van der Waals surface area contributed by atoms with E-state index in [2.05, 4.69) is 9.89 Å². The fourth-order valence-electron chi connectivity index (χ4n) is 2.66. The second-order valence-electron chi connectivity index (χ2n) is 4.74. The van der Waals surface area contributed by atoms with Crippen LogP contribution in [0.2, 0.25) is 5.02 Å². The molecule has 0 aromatic heterocycles. The number of nitrogens with two attached hydrogens (primary N) is 1. The van der Waals surface area contributed by atoms with Gasteiger partial charge in [0.1, 0.15) is 0 Å². The molecular weight excluding hydrogens is 250 g/mol. The Morgan fingerprint density at radius 2 is 2.11 bits per heavy atom. The summed E-state index contributed by atoms with van der Waals surface area (Å²) in [6.07, 6.45) is 1.08.